The molecular weight excluding hydrogens is 306 g/mol. The largest absolute Gasteiger partial charge is 0.330 e. The molecule has 0 fully saturated rings. The van der Waals surface area contributed by atoms with Crippen LogP contribution in [0.4, 0.5) is 0 Å². The molecule has 0 aliphatic heterocycles. The Morgan fingerprint density at radius 1 is 1.11 bits per heavy atom. The number of nitrogens with two attached hydrogens (primary N) is 1. The molecule has 0 saturated heterocycles. The highest BCUT2D eigenvalue weighted by Gasteiger charge is 2.06. The van der Waals surface area contributed by atoms with Gasteiger partial charge in [-0.2, -0.15) is 0 Å². The lowest BCUT2D eigenvalue weighted by molar-refractivity contribution is 0.941. The van der Waals surface area contributed by atoms with Gasteiger partial charge in [0.25, 0.3) is 0 Å². The van der Waals surface area contributed by atoms with Gasteiger partial charge in [0.1, 0.15) is 0 Å². The molecule has 3 heteroatoms. The minimum atomic E-state index is 0.687. The van der Waals surface area contributed by atoms with Crippen LogP contribution in [0.25, 0.3) is 0 Å². The lowest BCUT2D eigenvalue weighted by atomic mass is 10.1. The average molecular weight is 322 g/mol. The van der Waals surface area contributed by atoms with Crippen molar-refractivity contribution in [2.24, 2.45) is 5.73 Å². The summed E-state index contributed by atoms with van der Waals surface area (Å²) in [4.78, 5) is 2.53. The van der Waals surface area contributed by atoms with Crippen LogP contribution in [0.15, 0.2) is 56.7 Å². The first-order chi connectivity index (χ1) is 8.70. The summed E-state index contributed by atoms with van der Waals surface area (Å²) in [7, 11) is 0. The van der Waals surface area contributed by atoms with E-state index in [1.807, 2.05) is 6.07 Å². The van der Waals surface area contributed by atoms with Crippen LogP contribution in [0.5, 0.6) is 0 Å². The Morgan fingerprint density at radius 2 is 1.89 bits per heavy atom. The van der Waals surface area contributed by atoms with Gasteiger partial charge < -0.3 is 5.73 Å². The fourth-order valence-corrected chi connectivity index (χ4v) is 3.31. The molecule has 0 radical (unpaired) electrons. The standard InChI is InChI=1S/C15H16BrNS/c1-11-6-7-14(12(10-11)8-9-17)18-15-5-3-2-4-13(15)16/h2-7,10H,8-9,17H2,1H3. The molecule has 0 amide bonds. The van der Waals surface area contributed by atoms with E-state index in [1.165, 1.54) is 20.9 Å². The van der Waals surface area contributed by atoms with E-state index in [9.17, 15) is 0 Å². The average Bonchev–Trinajstić information content (AvgIpc) is 2.35. The third-order valence-electron chi connectivity index (χ3n) is 2.69. The number of halogens is 1. The van der Waals surface area contributed by atoms with Gasteiger partial charge in [0.15, 0.2) is 0 Å². The Kier molecular flexibility index (Phi) is 4.87. The number of hydrogen-bond donors (Lipinski definition) is 1. The topological polar surface area (TPSA) is 26.0 Å². The van der Waals surface area contributed by atoms with Crippen molar-refractivity contribution >= 4 is 27.7 Å². The lowest BCUT2D eigenvalue weighted by Gasteiger charge is -2.10. The molecule has 0 aliphatic carbocycles. The van der Waals surface area contributed by atoms with Crippen LogP contribution >= 0.6 is 27.7 Å². The summed E-state index contributed by atoms with van der Waals surface area (Å²) in [6.07, 6.45) is 0.925. The second kappa shape index (κ2) is 6.41. The molecule has 2 N–H and O–H groups in total. The molecular formula is C15H16BrNS. The zero-order valence-corrected chi connectivity index (χ0v) is 12.7. The summed E-state index contributed by atoms with van der Waals surface area (Å²) in [5, 5.41) is 0. The first-order valence-electron chi connectivity index (χ1n) is 5.92. The van der Waals surface area contributed by atoms with E-state index in [1.54, 1.807) is 11.8 Å². The van der Waals surface area contributed by atoms with Gasteiger partial charge in [0.2, 0.25) is 0 Å². The molecule has 94 valence electrons. The van der Waals surface area contributed by atoms with Crippen LogP contribution in [0.1, 0.15) is 11.1 Å². The number of rotatable bonds is 4. The number of hydrogen-bond acceptors (Lipinski definition) is 2. The van der Waals surface area contributed by atoms with Crippen LogP contribution in [-0.2, 0) is 6.42 Å². The third-order valence-corrected chi connectivity index (χ3v) is 4.83. The molecule has 0 spiro atoms. The van der Waals surface area contributed by atoms with E-state index in [2.05, 4.69) is 59.3 Å². The fraction of sp³-hybridized carbons (Fsp3) is 0.200. The van der Waals surface area contributed by atoms with Crippen LogP contribution in [0.2, 0.25) is 0 Å². The minimum absolute atomic E-state index is 0.687. The molecule has 0 atom stereocenters. The molecule has 0 bridgehead atoms. The molecule has 0 heterocycles. The predicted octanol–water partition coefficient (Wildman–Crippen LogP) is 4.41. The molecule has 2 aromatic rings. The molecule has 2 aromatic carbocycles. The first kappa shape index (κ1) is 13.7. The second-order valence-corrected chi connectivity index (χ2v) is 6.12. The van der Waals surface area contributed by atoms with Crippen molar-refractivity contribution in [2.75, 3.05) is 6.54 Å². The quantitative estimate of drug-likeness (QED) is 0.902. The van der Waals surface area contributed by atoms with Gasteiger partial charge in [-0.1, -0.05) is 41.6 Å². The predicted molar refractivity (Wildman–Crippen MR) is 82.2 cm³/mol. The van der Waals surface area contributed by atoms with Gasteiger partial charge >= 0.3 is 0 Å². The maximum absolute atomic E-state index is 5.68. The maximum Gasteiger partial charge on any atom is 0.0314 e. The van der Waals surface area contributed by atoms with Gasteiger partial charge in [-0.25, -0.2) is 0 Å². The normalized spacial score (nSPS) is 10.6. The highest BCUT2D eigenvalue weighted by atomic mass is 79.9. The Bertz CT molecular complexity index is 540. The SMILES string of the molecule is Cc1ccc(Sc2ccccc2Br)c(CCN)c1. The lowest BCUT2D eigenvalue weighted by Crippen LogP contribution is -2.04. The zero-order valence-electron chi connectivity index (χ0n) is 10.3. The summed E-state index contributed by atoms with van der Waals surface area (Å²) in [6, 6.07) is 14.9. The highest BCUT2D eigenvalue weighted by molar-refractivity contribution is 9.10. The molecule has 1 nitrogen and oxygen atoms in total. The highest BCUT2D eigenvalue weighted by Crippen LogP contribution is 2.35. The molecule has 0 aliphatic rings. The monoisotopic (exact) mass is 321 g/mol. The van der Waals surface area contributed by atoms with Crippen molar-refractivity contribution in [2.45, 2.75) is 23.1 Å². The summed E-state index contributed by atoms with van der Waals surface area (Å²) in [5.41, 5.74) is 8.30. The van der Waals surface area contributed by atoms with Gasteiger partial charge in [-0.05, 0) is 59.6 Å². The molecule has 0 unspecified atom stereocenters. The van der Waals surface area contributed by atoms with Crippen molar-refractivity contribution in [1.82, 2.24) is 0 Å². The van der Waals surface area contributed by atoms with Crippen molar-refractivity contribution in [3.63, 3.8) is 0 Å². The van der Waals surface area contributed by atoms with Crippen molar-refractivity contribution in [1.29, 1.82) is 0 Å². The van der Waals surface area contributed by atoms with E-state index < -0.39 is 0 Å². The van der Waals surface area contributed by atoms with Crippen molar-refractivity contribution in [3.05, 3.63) is 58.1 Å². The maximum atomic E-state index is 5.68. The Hall–Kier alpha value is -0.770. The van der Waals surface area contributed by atoms with Gasteiger partial charge in [0.05, 0.1) is 0 Å². The van der Waals surface area contributed by atoms with E-state index in [4.69, 9.17) is 5.73 Å². The van der Waals surface area contributed by atoms with E-state index >= 15 is 0 Å². The smallest absolute Gasteiger partial charge is 0.0314 e. The Labute approximate surface area is 121 Å². The summed E-state index contributed by atoms with van der Waals surface area (Å²) in [6.45, 7) is 2.81. The van der Waals surface area contributed by atoms with Crippen LogP contribution in [-0.4, -0.2) is 6.54 Å². The van der Waals surface area contributed by atoms with Crippen molar-refractivity contribution in [3.8, 4) is 0 Å². The Morgan fingerprint density at radius 3 is 2.61 bits per heavy atom. The fourth-order valence-electron chi connectivity index (χ4n) is 1.80. The van der Waals surface area contributed by atoms with Crippen LogP contribution in [0, 0.1) is 6.92 Å². The van der Waals surface area contributed by atoms with Crippen molar-refractivity contribution < 1.29 is 0 Å². The van der Waals surface area contributed by atoms with Gasteiger partial charge in [0, 0.05) is 14.3 Å². The van der Waals surface area contributed by atoms with Gasteiger partial charge in [-0.15, -0.1) is 0 Å². The second-order valence-electron chi connectivity index (χ2n) is 4.18. The minimum Gasteiger partial charge on any atom is -0.330 e. The van der Waals surface area contributed by atoms with Gasteiger partial charge in [-0.3, -0.25) is 0 Å². The summed E-state index contributed by atoms with van der Waals surface area (Å²) >= 11 is 5.37. The summed E-state index contributed by atoms with van der Waals surface area (Å²) < 4.78 is 1.13. The van der Waals surface area contributed by atoms with E-state index in [0.29, 0.717) is 6.54 Å². The van der Waals surface area contributed by atoms with E-state index in [0.717, 1.165) is 10.9 Å². The first-order valence-corrected chi connectivity index (χ1v) is 7.53. The third kappa shape index (κ3) is 3.37. The molecule has 2 rings (SSSR count). The Balaban J connectivity index is 2.31. The zero-order chi connectivity index (χ0) is 13.0. The number of benzene rings is 2. The molecule has 18 heavy (non-hydrogen) atoms. The van der Waals surface area contributed by atoms with Crippen LogP contribution < -0.4 is 5.73 Å². The van der Waals surface area contributed by atoms with Crippen LogP contribution in [0.3, 0.4) is 0 Å². The van der Waals surface area contributed by atoms with E-state index in [-0.39, 0.29) is 0 Å². The summed E-state index contributed by atoms with van der Waals surface area (Å²) in [5.74, 6) is 0. The number of aryl methyl sites for hydroxylation is 1. The molecule has 0 aromatic heterocycles. The molecule has 0 saturated carbocycles.